The minimum Gasteiger partial charge on any atom is -0.349 e. The van der Waals surface area contributed by atoms with Gasteiger partial charge in [0.2, 0.25) is 5.91 Å². The van der Waals surface area contributed by atoms with Gasteiger partial charge in [-0.3, -0.25) is 9.59 Å². The highest BCUT2D eigenvalue weighted by Gasteiger charge is 2.17. The summed E-state index contributed by atoms with van der Waals surface area (Å²) < 4.78 is 0.802. The third-order valence-corrected chi connectivity index (χ3v) is 6.61. The Bertz CT molecular complexity index is 1580. The molecular weight excluding hydrogens is 569 g/mol. The summed E-state index contributed by atoms with van der Waals surface area (Å²) in [7, 11) is 0. The van der Waals surface area contributed by atoms with Crippen LogP contribution in [0, 0.1) is 0 Å². The van der Waals surface area contributed by atoms with Gasteiger partial charge in [0.05, 0.1) is 23.3 Å². The molecule has 4 N–H and O–H groups in total. The Morgan fingerprint density at radius 1 is 0.944 bits per heavy atom. The number of nitrogens with zero attached hydrogens (tertiary/aromatic N) is 3. The number of halogens is 3. The largest absolute Gasteiger partial charge is 0.349 e. The summed E-state index contributed by atoms with van der Waals surface area (Å²) in [5.74, 6) is -0.257. The van der Waals surface area contributed by atoms with Crippen molar-refractivity contribution in [2.24, 2.45) is 0 Å². The van der Waals surface area contributed by atoms with Crippen LogP contribution in [0.4, 0.5) is 11.4 Å². The van der Waals surface area contributed by atoms with Gasteiger partial charge in [0.15, 0.2) is 5.82 Å². The lowest BCUT2D eigenvalue weighted by molar-refractivity contribution is -0.115. The number of hydrogen-bond donors (Lipinski definition) is 4. The van der Waals surface area contributed by atoms with Gasteiger partial charge in [0.25, 0.3) is 5.91 Å². The summed E-state index contributed by atoms with van der Waals surface area (Å²) in [6.45, 7) is 0. The summed E-state index contributed by atoms with van der Waals surface area (Å²) in [4.78, 5) is 29.0. The summed E-state index contributed by atoms with van der Waals surface area (Å²) >= 11 is 15.8. The predicted octanol–water partition coefficient (Wildman–Crippen LogP) is 5.85. The number of aromatic amines is 2. The smallest absolute Gasteiger partial charge is 0.272 e. The Morgan fingerprint density at radius 2 is 1.72 bits per heavy atom. The molecule has 5 aromatic rings. The molecule has 5 rings (SSSR count). The van der Waals surface area contributed by atoms with E-state index in [2.05, 4.69) is 52.2 Å². The van der Waals surface area contributed by atoms with Gasteiger partial charge in [-0.25, -0.2) is 5.10 Å². The second-order valence-electron chi connectivity index (χ2n) is 7.77. The molecule has 2 aromatic heterocycles. The molecule has 0 aliphatic rings. The molecular formula is C24H16BrCl2N7O2. The van der Waals surface area contributed by atoms with Crippen molar-refractivity contribution in [3.05, 3.63) is 86.4 Å². The highest BCUT2D eigenvalue weighted by atomic mass is 79.9. The molecule has 0 spiro atoms. The molecule has 2 amide bonds. The highest BCUT2D eigenvalue weighted by Crippen LogP contribution is 2.30. The molecule has 2 heterocycles. The maximum Gasteiger partial charge on any atom is 0.272 e. The molecule has 0 bridgehead atoms. The van der Waals surface area contributed by atoms with Crippen LogP contribution in [0.3, 0.4) is 0 Å². The minimum absolute atomic E-state index is 0.00574. The van der Waals surface area contributed by atoms with Crippen LogP contribution in [0.25, 0.3) is 22.3 Å². The van der Waals surface area contributed by atoms with Crippen LogP contribution in [0.15, 0.2) is 65.1 Å². The first kappa shape index (κ1) is 24.0. The first-order chi connectivity index (χ1) is 17.4. The number of amides is 2. The van der Waals surface area contributed by atoms with E-state index < -0.39 is 0 Å². The Labute approximate surface area is 222 Å². The zero-order valence-corrected chi connectivity index (χ0v) is 21.4. The number of para-hydroxylation sites is 1. The summed E-state index contributed by atoms with van der Waals surface area (Å²) in [6, 6.07) is 17.5. The molecule has 0 aliphatic carbocycles. The topological polar surface area (TPSA) is 128 Å². The number of carbonyl (C=O) groups is 2. The third kappa shape index (κ3) is 4.97. The number of rotatable bonds is 6. The summed E-state index contributed by atoms with van der Waals surface area (Å²) in [5.41, 5.74) is 3.12. The average Bonchev–Trinajstić information content (AvgIpc) is 3.53. The van der Waals surface area contributed by atoms with Gasteiger partial charge in [-0.2, -0.15) is 0 Å². The van der Waals surface area contributed by atoms with Gasteiger partial charge in [-0.05, 0) is 58.5 Å². The lowest BCUT2D eigenvalue weighted by Crippen LogP contribution is -2.15. The van der Waals surface area contributed by atoms with Crippen LogP contribution >= 0.6 is 39.1 Å². The van der Waals surface area contributed by atoms with E-state index in [0.717, 1.165) is 9.86 Å². The molecule has 12 heteroatoms. The number of benzene rings is 3. The van der Waals surface area contributed by atoms with Crippen molar-refractivity contribution in [3.8, 4) is 11.4 Å². The van der Waals surface area contributed by atoms with E-state index in [0.29, 0.717) is 49.6 Å². The number of carbonyl (C=O) groups excluding carboxylic acids is 2. The monoisotopic (exact) mass is 583 g/mol. The van der Waals surface area contributed by atoms with Gasteiger partial charge >= 0.3 is 0 Å². The van der Waals surface area contributed by atoms with E-state index in [9.17, 15) is 9.59 Å². The standard InChI is InChI=1S/C24H16BrCl2N7O2/c25-13-7-8-18(15(10-13)23-31-33-34-32-23)30-24(36)20-9-12-3-1-6-19(22(12)29-20)28-21(35)11-14-16(26)4-2-5-17(14)27/h1-10,29H,11H2,(H,28,35)(H,30,36)(H,31,32,33,34). The van der Waals surface area contributed by atoms with Crippen molar-refractivity contribution < 1.29 is 9.59 Å². The second kappa shape index (κ2) is 10.1. The number of aromatic nitrogens is 5. The fraction of sp³-hybridized carbons (Fsp3) is 0.0417. The molecule has 3 aromatic carbocycles. The van der Waals surface area contributed by atoms with Gasteiger partial charge in [-0.15, -0.1) is 5.10 Å². The third-order valence-electron chi connectivity index (χ3n) is 5.40. The minimum atomic E-state index is -0.373. The predicted molar refractivity (Wildman–Crippen MR) is 142 cm³/mol. The van der Waals surface area contributed by atoms with Crippen LogP contribution in [-0.2, 0) is 11.2 Å². The molecule has 0 radical (unpaired) electrons. The number of H-pyrrole nitrogens is 2. The van der Waals surface area contributed by atoms with E-state index in [1.807, 2.05) is 6.07 Å². The Balaban J connectivity index is 1.38. The molecule has 0 saturated carbocycles. The molecule has 0 atom stereocenters. The van der Waals surface area contributed by atoms with Crippen molar-refractivity contribution in [3.63, 3.8) is 0 Å². The number of tetrazole rings is 1. The lowest BCUT2D eigenvalue weighted by atomic mass is 10.1. The zero-order valence-electron chi connectivity index (χ0n) is 18.3. The Morgan fingerprint density at radius 3 is 2.47 bits per heavy atom. The van der Waals surface area contributed by atoms with Crippen LogP contribution in [0.5, 0.6) is 0 Å². The number of fused-ring (bicyclic) bond motifs is 1. The Kier molecular flexibility index (Phi) is 6.73. The number of nitrogens with one attached hydrogen (secondary N) is 4. The normalized spacial score (nSPS) is 11.0. The maximum absolute atomic E-state index is 13.1. The van der Waals surface area contributed by atoms with Gasteiger partial charge in [-0.1, -0.05) is 57.3 Å². The maximum atomic E-state index is 13.1. The van der Waals surface area contributed by atoms with Crippen molar-refractivity contribution in [1.29, 1.82) is 0 Å². The number of hydrogen-bond acceptors (Lipinski definition) is 5. The molecule has 9 nitrogen and oxygen atoms in total. The van der Waals surface area contributed by atoms with E-state index in [1.165, 1.54) is 0 Å². The van der Waals surface area contributed by atoms with Crippen molar-refractivity contribution in [2.45, 2.75) is 6.42 Å². The van der Waals surface area contributed by atoms with Gasteiger partial charge in [0.1, 0.15) is 5.69 Å². The molecule has 0 unspecified atom stereocenters. The first-order valence-electron chi connectivity index (χ1n) is 10.6. The van der Waals surface area contributed by atoms with Crippen molar-refractivity contribution in [2.75, 3.05) is 10.6 Å². The van der Waals surface area contributed by atoms with Gasteiger partial charge in [0, 0.05) is 25.5 Å². The lowest BCUT2D eigenvalue weighted by Gasteiger charge is -2.09. The summed E-state index contributed by atoms with van der Waals surface area (Å²) in [6.07, 6.45) is 0.00574. The molecule has 36 heavy (non-hydrogen) atoms. The quantitative estimate of drug-likeness (QED) is 0.199. The first-order valence-corrected chi connectivity index (χ1v) is 12.1. The van der Waals surface area contributed by atoms with E-state index in [-0.39, 0.29) is 18.2 Å². The average molecular weight is 585 g/mol. The molecule has 0 aliphatic heterocycles. The number of anilines is 2. The van der Waals surface area contributed by atoms with E-state index in [1.54, 1.807) is 54.6 Å². The van der Waals surface area contributed by atoms with E-state index >= 15 is 0 Å². The SMILES string of the molecule is O=C(Cc1c(Cl)cccc1Cl)Nc1cccc2cc(C(=O)Nc3ccc(Br)cc3-c3nnn[nH]3)[nH]c12. The molecule has 180 valence electrons. The molecule has 0 saturated heterocycles. The summed E-state index contributed by atoms with van der Waals surface area (Å²) in [5, 5.41) is 21.2. The van der Waals surface area contributed by atoms with Crippen LogP contribution in [-0.4, -0.2) is 37.4 Å². The van der Waals surface area contributed by atoms with Crippen molar-refractivity contribution >= 4 is 73.2 Å². The van der Waals surface area contributed by atoms with Crippen LogP contribution < -0.4 is 10.6 Å². The van der Waals surface area contributed by atoms with Crippen LogP contribution in [0.1, 0.15) is 16.1 Å². The fourth-order valence-electron chi connectivity index (χ4n) is 3.72. The van der Waals surface area contributed by atoms with Crippen molar-refractivity contribution in [1.82, 2.24) is 25.6 Å². The molecule has 0 fully saturated rings. The van der Waals surface area contributed by atoms with E-state index in [4.69, 9.17) is 23.2 Å². The Hall–Kier alpha value is -3.73. The highest BCUT2D eigenvalue weighted by molar-refractivity contribution is 9.10. The zero-order chi connectivity index (χ0) is 25.2. The second-order valence-corrected chi connectivity index (χ2v) is 9.50. The van der Waals surface area contributed by atoms with Gasteiger partial charge < -0.3 is 15.6 Å². The van der Waals surface area contributed by atoms with Crippen LogP contribution in [0.2, 0.25) is 10.0 Å². The fourth-order valence-corrected chi connectivity index (χ4v) is 4.62.